The average molecular weight is 606 g/mol. The molecule has 3 nitrogen and oxygen atoms in total. The Kier molecular flexibility index (Phi) is 6.21. The molecule has 3 heteroatoms. The molecule has 2 aliphatic heterocycles. The zero-order valence-electron chi connectivity index (χ0n) is 26.8. The molecule has 232 valence electrons. The van der Waals surface area contributed by atoms with Gasteiger partial charge in [-0.05, 0) is 92.3 Å². The van der Waals surface area contributed by atoms with Crippen LogP contribution in [0.15, 0.2) is 117 Å². The molecule has 0 amide bonds. The molecule has 0 N–H and O–H groups in total. The monoisotopic (exact) mass is 605 g/mol. The Morgan fingerprint density at radius 1 is 0.826 bits per heavy atom. The van der Waals surface area contributed by atoms with Crippen molar-refractivity contribution in [2.24, 2.45) is 29.6 Å². The van der Waals surface area contributed by atoms with E-state index in [0.717, 1.165) is 68.3 Å². The minimum Gasteiger partial charge on any atom is -0.483 e. The zero-order valence-corrected chi connectivity index (χ0v) is 26.8. The second kappa shape index (κ2) is 10.5. The molecule has 3 heterocycles. The Balaban J connectivity index is 1.06. The van der Waals surface area contributed by atoms with Gasteiger partial charge in [-0.1, -0.05) is 92.0 Å². The van der Waals surface area contributed by atoms with E-state index in [1.165, 1.54) is 50.9 Å². The first kappa shape index (κ1) is 27.2. The largest absolute Gasteiger partial charge is 0.483 e. The highest BCUT2D eigenvalue weighted by molar-refractivity contribution is 5.83. The molecule has 7 unspecified atom stereocenters. The minimum atomic E-state index is -0.00779. The first-order chi connectivity index (χ1) is 22.7. The van der Waals surface area contributed by atoms with Crippen LogP contribution in [0.1, 0.15) is 69.6 Å². The number of hydrogen-bond donors (Lipinski definition) is 0. The quantitative estimate of drug-likeness (QED) is 0.325. The molecule has 1 aromatic heterocycles. The summed E-state index contributed by atoms with van der Waals surface area (Å²) in [6.45, 7) is 2.40. The van der Waals surface area contributed by atoms with Crippen molar-refractivity contribution in [1.82, 2.24) is 4.90 Å². The minimum absolute atomic E-state index is 0.00779. The molecular weight excluding hydrogens is 562 g/mol. The van der Waals surface area contributed by atoms with Gasteiger partial charge in [-0.25, -0.2) is 0 Å². The van der Waals surface area contributed by atoms with E-state index in [0.29, 0.717) is 29.7 Å². The van der Waals surface area contributed by atoms with Crippen molar-refractivity contribution >= 4 is 17.7 Å². The maximum absolute atomic E-state index is 7.06. The van der Waals surface area contributed by atoms with Crippen LogP contribution in [0.25, 0.3) is 17.7 Å². The van der Waals surface area contributed by atoms with Gasteiger partial charge in [0.25, 0.3) is 0 Å². The predicted molar refractivity (Wildman–Crippen MR) is 185 cm³/mol. The second-order valence-electron chi connectivity index (χ2n) is 14.8. The highest BCUT2D eigenvalue weighted by Crippen LogP contribution is 2.52. The lowest BCUT2D eigenvalue weighted by molar-refractivity contribution is 0.165. The van der Waals surface area contributed by atoms with Gasteiger partial charge in [0.05, 0.1) is 5.70 Å². The highest BCUT2D eigenvalue weighted by atomic mass is 16.5. The summed E-state index contributed by atoms with van der Waals surface area (Å²) in [5.74, 6) is 4.48. The van der Waals surface area contributed by atoms with Gasteiger partial charge < -0.3 is 14.1 Å². The van der Waals surface area contributed by atoms with E-state index in [9.17, 15) is 0 Å². The Hall–Kier alpha value is -3.98. The van der Waals surface area contributed by atoms with Crippen molar-refractivity contribution in [3.8, 4) is 0 Å². The maximum atomic E-state index is 7.06. The molecule has 9 aliphatic rings. The molecule has 0 aromatic carbocycles. The fourth-order valence-corrected chi connectivity index (χ4v) is 9.91. The van der Waals surface area contributed by atoms with Crippen molar-refractivity contribution in [2.45, 2.75) is 76.9 Å². The molecular formula is C43H43NO2. The topological polar surface area (TPSA) is 25.6 Å². The molecule has 10 rings (SSSR count). The Bertz CT molecular complexity index is 1960. The third-order valence-electron chi connectivity index (χ3n) is 12.0. The zero-order chi connectivity index (χ0) is 30.4. The van der Waals surface area contributed by atoms with E-state index in [1.54, 1.807) is 0 Å². The SMILES string of the molecule is CC1C=C(N2C3=C(C=CCC3)C3C=CCCC32)C2=C(C1)C1C=c3c4c(oc3=CC1O2)C(C1=CCCC=C1)=CC(C1C=CC=CC1)C4. The first-order valence-corrected chi connectivity index (χ1v) is 18.0. The lowest BCUT2D eigenvalue weighted by atomic mass is 9.75. The number of hydrogen-bond acceptors (Lipinski definition) is 3. The van der Waals surface area contributed by atoms with Crippen LogP contribution in [0.5, 0.6) is 0 Å². The van der Waals surface area contributed by atoms with Crippen LogP contribution in [-0.4, -0.2) is 17.0 Å². The number of rotatable bonds is 3. The third kappa shape index (κ3) is 4.09. The summed E-state index contributed by atoms with van der Waals surface area (Å²) in [6.07, 6.45) is 45.9. The molecule has 0 saturated carbocycles. The van der Waals surface area contributed by atoms with Crippen molar-refractivity contribution in [1.29, 1.82) is 0 Å². The summed E-state index contributed by atoms with van der Waals surface area (Å²) in [7, 11) is 0. The van der Waals surface area contributed by atoms with E-state index < -0.39 is 0 Å². The summed E-state index contributed by atoms with van der Waals surface area (Å²) < 4.78 is 13.9. The fraction of sp³-hybridized carbons (Fsp3) is 0.395. The number of ether oxygens (including phenoxy) is 1. The molecule has 0 spiro atoms. The molecule has 46 heavy (non-hydrogen) atoms. The lowest BCUT2D eigenvalue weighted by Crippen LogP contribution is -2.36. The van der Waals surface area contributed by atoms with E-state index >= 15 is 0 Å². The van der Waals surface area contributed by atoms with Crippen LogP contribution >= 0.6 is 0 Å². The Morgan fingerprint density at radius 2 is 1.78 bits per heavy atom. The summed E-state index contributed by atoms with van der Waals surface area (Å²) >= 11 is 0. The highest BCUT2D eigenvalue weighted by Gasteiger charge is 2.47. The summed E-state index contributed by atoms with van der Waals surface area (Å²) in [6, 6.07) is 0.498. The van der Waals surface area contributed by atoms with Crippen molar-refractivity contribution < 1.29 is 9.15 Å². The van der Waals surface area contributed by atoms with Crippen molar-refractivity contribution in [3.63, 3.8) is 0 Å². The first-order valence-electron chi connectivity index (χ1n) is 18.0. The normalized spacial score (nSPS) is 34.8. The smallest absolute Gasteiger partial charge is 0.143 e. The van der Waals surface area contributed by atoms with Gasteiger partial charge >= 0.3 is 0 Å². The average Bonchev–Trinajstić information content (AvgIpc) is 3.76. The maximum Gasteiger partial charge on any atom is 0.143 e. The van der Waals surface area contributed by atoms with Gasteiger partial charge in [0.1, 0.15) is 23.0 Å². The van der Waals surface area contributed by atoms with E-state index in [1.807, 2.05) is 0 Å². The van der Waals surface area contributed by atoms with Crippen molar-refractivity contribution in [2.75, 3.05) is 0 Å². The van der Waals surface area contributed by atoms with E-state index in [2.05, 4.69) is 103 Å². The number of fused-ring (bicyclic) bond motifs is 7. The van der Waals surface area contributed by atoms with Crippen LogP contribution in [-0.2, 0) is 11.2 Å². The summed E-state index contributed by atoms with van der Waals surface area (Å²) in [5, 5.41) is 1.32. The van der Waals surface area contributed by atoms with Gasteiger partial charge in [0.15, 0.2) is 0 Å². The van der Waals surface area contributed by atoms with Gasteiger partial charge in [0.2, 0.25) is 0 Å². The fourth-order valence-electron chi connectivity index (χ4n) is 9.91. The Labute approximate surface area is 272 Å². The standard InChI is InChI=1S/C43H43NO2/c1-26-20-35-33-24-34-36-23-29(27-12-4-2-5-13-27)22-32(28-14-6-3-7-15-28)42(36)45-40(34)25-41(33)46-43(35)39(21-26)44-37-18-10-8-16-30(37)31-17-9-11-19-38(31)44/h2,4-6,8-9,12,14-17,21-22,24-27,29-30,33,37,41H,3,7,10-11,13,18-20,23H2,1H3. The van der Waals surface area contributed by atoms with E-state index in [-0.39, 0.29) is 12.0 Å². The van der Waals surface area contributed by atoms with Crippen LogP contribution in [0, 0.1) is 29.6 Å². The van der Waals surface area contributed by atoms with E-state index in [4.69, 9.17) is 9.15 Å². The van der Waals surface area contributed by atoms with Gasteiger partial charge in [0, 0.05) is 46.0 Å². The van der Waals surface area contributed by atoms with Gasteiger partial charge in [-0.2, -0.15) is 0 Å². The molecule has 0 fully saturated rings. The van der Waals surface area contributed by atoms with Crippen molar-refractivity contribution in [3.05, 3.63) is 135 Å². The second-order valence-corrected chi connectivity index (χ2v) is 14.8. The number of furan rings is 1. The lowest BCUT2D eigenvalue weighted by Gasteiger charge is -2.37. The molecule has 0 saturated heterocycles. The Morgan fingerprint density at radius 3 is 2.67 bits per heavy atom. The van der Waals surface area contributed by atoms with Crippen LogP contribution in [0.4, 0.5) is 0 Å². The summed E-state index contributed by atoms with van der Waals surface area (Å²) in [4.78, 5) is 2.73. The number of nitrogens with zero attached hydrogens (tertiary/aromatic N) is 1. The van der Waals surface area contributed by atoms with Gasteiger partial charge in [-0.3, -0.25) is 0 Å². The molecule has 7 aliphatic carbocycles. The molecule has 0 bridgehead atoms. The molecule has 0 radical (unpaired) electrons. The third-order valence-corrected chi connectivity index (χ3v) is 12.0. The summed E-state index contributed by atoms with van der Waals surface area (Å²) in [5.41, 5.74) is 10.9. The van der Waals surface area contributed by atoms with Crippen LogP contribution in [0.2, 0.25) is 0 Å². The van der Waals surface area contributed by atoms with Crippen LogP contribution < -0.4 is 10.6 Å². The molecule has 7 atom stereocenters. The number of allylic oxidation sites excluding steroid dienone is 15. The predicted octanol–water partition coefficient (Wildman–Crippen LogP) is 8.27. The van der Waals surface area contributed by atoms with Crippen LogP contribution in [0.3, 0.4) is 0 Å². The van der Waals surface area contributed by atoms with Gasteiger partial charge in [-0.15, -0.1) is 0 Å². The molecule has 1 aromatic rings.